The van der Waals surface area contributed by atoms with Crippen LogP contribution in [0.1, 0.15) is 25.7 Å². The summed E-state index contributed by atoms with van der Waals surface area (Å²) in [5.41, 5.74) is -0.989. The topological polar surface area (TPSA) is 75.6 Å². The van der Waals surface area contributed by atoms with Gasteiger partial charge in [0.15, 0.2) is 0 Å². The zero-order valence-electron chi connectivity index (χ0n) is 10.3. The van der Waals surface area contributed by atoms with Crippen LogP contribution in [0.4, 0.5) is 13.2 Å². The van der Waals surface area contributed by atoms with E-state index in [0.29, 0.717) is 12.8 Å². The Bertz CT molecular complexity index is 339. The van der Waals surface area contributed by atoms with E-state index in [-0.39, 0.29) is 19.6 Å². The highest BCUT2D eigenvalue weighted by Gasteiger charge is 2.45. The van der Waals surface area contributed by atoms with Gasteiger partial charge in [0.2, 0.25) is 5.91 Å². The summed E-state index contributed by atoms with van der Waals surface area (Å²) in [6, 6.07) is 0. The summed E-state index contributed by atoms with van der Waals surface area (Å²) in [7, 11) is 0. The lowest BCUT2D eigenvalue weighted by atomic mass is 9.66. The molecule has 0 atom stereocenters. The molecule has 1 rings (SSSR count). The molecule has 0 bridgehead atoms. The van der Waals surface area contributed by atoms with E-state index in [0.717, 1.165) is 6.42 Å². The normalized spacial score (nSPS) is 17.6. The van der Waals surface area contributed by atoms with E-state index in [1.165, 1.54) is 0 Å². The molecule has 5 nitrogen and oxygen atoms in total. The van der Waals surface area contributed by atoms with E-state index in [1.54, 1.807) is 0 Å². The number of aliphatic carboxylic acids is 1. The Kier molecular flexibility index (Phi) is 5.16. The van der Waals surface area contributed by atoms with E-state index in [1.807, 2.05) is 0 Å². The van der Waals surface area contributed by atoms with Gasteiger partial charge in [-0.25, -0.2) is 0 Å². The number of carboxylic acids is 1. The van der Waals surface area contributed by atoms with Crippen LogP contribution in [0.5, 0.6) is 0 Å². The second-order valence-electron chi connectivity index (χ2n) is 4.63. The average Bonchev–Trinajstić information content (AvgIpc) is 2.20. The number of hydrogen-bond donors (Lipinski definition) is 2. The predicted octanol–water partition coefficient (Wildman–Crippen LogP) is 1.33. The van der Waals surface area contributed by atoms with Crippen LogP contribution in [0.3, 0.4) is 0 Å². The zero-order valence-corrected chi connectivity index (χ0v) is 10.3. The number of hydrogen-bond acceptors (Lipinski definition) is 3. The van der Waals surface area contributed by atoms with Crippen molar-refractivity contribution in [3.63, 3.8) is 0 Å². The fourth-order valence-electron chi connectivity index (χ4n) is 1.89. The molecule has 0 aliphatic heterocycles. The molecular weight excluding hydrogens is 267 g/mol. The van der Waals surface area contributed by atoms with E-state index in [2.05, 4.69) is 10.1 Å². The molecule has 19 heavy (non-hydrogen) atoms. The molecule has 2 N–H and O–H groups in total. The minimum absolute atomic E-state index is 0.0649. The molecule has 0 aromatic rings. The third-order valence-electron chi connectivity index (χ3n) is 3.10. The molecule has 1 aliphatic rings. The highest BCUT2D eigenvalue weighted by molar-refractivity contribution is 5.85. The van der Waals surface area contributed by atoms with Gasteiger partial charge in [-0.05, 0) is 12.8 Å². The fraction of sp³-hybridized carbons (Fsp3) is 0.818. The van der Waals surface area contributed by atoms with Crippen LogP contribution in [-0.4, -0.2) is 42.9 Å². The first-order valence-electron chi connectivity index (χ1n) is 5.90. The van der Waals surface area contributed by atoms with E-state index >= 15 is 0 Å². The second-order valence-corrected chi connectivity index (χ2v) is 4.63. The van der Waals surface area contributed by atoms with Crippen LogP contribution in [0, 0.1) is 5.41 Å². The smallest absolute Gasteiger partial charge is 0.411 e. The van der Waals surface area contributed by atoms with Crippen molar-refractivity contribution in [1.82, 2.24) is 5.32 Å². The summed E-state index contributed by atoms with van der Waals surface area (Å²) >= 11 is 0. The van der Waals surface area contributed by atoms with Crippen LogP contribution in [0.2, 0.25) is 0 Å². The van der Waals surface area contributed by atoms with Gasteiger partial charge in [0.25, 0.3) is 0 Å². The number of ether oxygens (including phenoxy) is 1. The number of carbonyl (C=O) groups is 2. The summed E-state index contributed by atoms with van der Waals surface area (Å²) in [6.07, 6.45) is -2.83. The summed E-state index contributed by atoms with van der Waals surface area (Å²) in [5, 5.41) is 11.4. The van der Waals surface area contributed by atoms with Gasteiger partial charge in [0.1, 0.15) is 6.61 Å². The van der Waals surface area contributed by atoms with E-state index in [4.69, 9.17) is 5.11 Å². The van der Waals surface area contributed by atoms with Crippen molar-refractivity contribution < 1.29 is 32.6 Å². The molecule has 0 radical (unpaired) electrons. The van der Waals surface area contributed by atoms with Crippen molar-refractivity contribution in [3.05, 3.63) is 0 Å². The number of carboxylic acid groups (broad SMARTS) is 1. The monoisotopic (exact) mass is 283 g/mol. The summed E-state index contributed by atoms with van der Waals surface area (Å²) < 4.78 is 39.5. The standard InChI is InChI=1S/C11H16F3NO4/c12-11(13,14)7-19-5-4-15-8(16)6-10(9(17)18)2-1-3-10/h1-7H2,(H,15,16)(H,17,18). The van der Waals surface area contributed by atoms with Gasteiger partial charge in [-0.2, -0.15) is 13.2 Å². The maximum absolute atomic E-state index is 11.7. The van der Waals surface area contributed by atoms with Crippen LogP contribution in [0.15, 0.2) is 0 Å². The van der Waals surface area contributed by atoms with E-state index in [9.17, 15) is 22.8 Å². The summed E-state index contributed by atoms with van der Waals surface area (Å²) in [5.74, 6) is -1.47. The second kappa shape index (κ2) is 6.23. The first-order valence-corrected chi connectivity index (χ1v) is 5.90. The molecule has 0 aromatic heterocycles. The minimum Gasteiger partial charge on any atom is -0.481 e. The molecule has 0 spiro atoms. The number of carbonyl (C=O) groups excluding carboxylic acids is 1. The lowest BCUT2D eigenvalue weighted by Gasteiger charge is -2.36. The van der Waals surface area contributed by atoms with Gasteiger partial charge in [-0.3, -0.25) is 9.59 Å². The van der Waals surface area contributed by atoms with Crippen molar-refractivity contribution in [1.29, 1.82) is 0 Å². The van der Waals surface area contributed by atoms with Gasteiger partial charge < -0.3 is 15.2 Å². The summed E-state index contributed by atoms with van der Waals surface area (Å²) in [4.78, 5) is 22.5. The molecule has 0 heterocycles. The van der Waals surface area contributed by atoms with Crippen LogP contribution < -0.4 is 5.32 Å². The van der Waals surface area contributed by atoms with Crippen molar-refractivity contribution in [3.8, 4) is 0 Å². The Morgan fingerprint density at radius 2 is 1.95 bits per heavy atom. The van der Waals surface area contributed by atoms with Crippen LogP contribution in [0.25, 0.3) is 0 Å². The Morgan fingerprint density at radius 3 is 2.37 bits per heavy atom. The van der Waals surface area contributed by atoms with Crippen molar-refractivity contribution in [2.45, 2.75) is 31.9 Å². The third-order valence-corrected chi connectivity index (χ3v) is 3.10. The molecule has 0 saturated heterocycles. The quantitative estimate of drug-likeness (QED) is 0.691. The highest BCUT2D eigenvalue weighted by atomic mass is 19.4. The number of halogens is 3. The molecule has 8 heteroatoms. The number of rotatable bonds is 7. The van der Waals surface area contributed by atoms with Crippen molar-refractivity contribution >= 4 is 11.9 Å². The van der Waals surface area contributed by atoms with Crippen LogP contribution >= 0.6 is 0 Å². The van der Waals surface area contributed by atoms with Crippen molar-refractivity contribution in [2.24, 2.45) is 5.41 Å². The average molecular weight is 283 g/mol. The lowest BCUT2D eigenvalue weighted by molar-refractivity contribution is -0.173. The van der Waals surface area contributed by atoms with E-state index < -0.39 is 30.1 Å². The van der Waals surface area contributed by atoms with Gasteiger partial charge in [-0.15, -0.1) is 0 Å². The maximum Gasteiger partial charge on any atom is 0.411 e. The Morgan fingerprint density at radius 1 is 1.32 bits per heavy atom. The third kappa shape index (κ3) is 5.06. The molecular formula is C11H16F3NO4. The van der Waals surface area contributed by atoms with Crippen LogP contribution in [-0.2, 0) is 14.3 Å². The molecule has 0 aromatic carbocycles. The molecule has 1 fully saturated rings. The van der Waals surface area contributed by atoms with Gasteiger partial charge >= 0.3 is 12.1 Å². The van der Waals surface area contributed by atoms with Crippen molar-refractivity contribution in [2.75, 3.05) is 19.8 Å². The highest BCUT2D eigenvalue weighted by Crippen LogP contribution is 2.44. The molecule has 0 unspecified atom stereocenters. The molecule has 1 saturated carbocycles. The first-order chi connectivity index (χ1) is 8.75. The lowest BCUT2D eigenvalue weighted by Crippen LogP contribution is -2.43. The van der Waals surface area contributed by atoms with Gasteiger partial charge in [0, 0.05) is 13.0 Å². The van der Waals surface area contributed by atoms with Gasteiger partial charge in [-0.1, -0.05) is 6.42 Å². The largest absolute Gasteiger partial charge is 0.481 e. The Hall–Kier alpha value is -1.31. The molecule has 1 amide bonds. The molecule has 110 valence electrons. The zero-order chi connectivity index (χ0) is 14.5. The molecule has 1 aliphatic carbocycles. The minimum atomic E-state index is -4.39. The number of nitrogens with one attached hydrogen (secondary N) is 1. The fourth-order valence-corrected chi connectivity index (χ4v) is 1.89. The predicted molar refractivity (Wildman–Crippen MR) is 58.4 cm³/mol. The van der Waals surface area contributed by atoms with Gasteiger partial charge in [0.05, 0.1) is 12.0 Å². The Labute approximate surface area is 108 Å². The first kappa shape index (κ1) is 15.7. The Balaban J connectivity index is 2.16. The number of alkyl halides is 3. The SMILES string of the molecule is O=C(CC1(C(=O)O)CCC1)NCCOCC(F)(F)F. The number of amides is 1. The maximum atomic E-state index is 11.7. The summed E-state index contributed by atoms with van der Waals surface area (Å²) in [6.45, 7) is -1.68.